The first-order valence-electron chi connectivity index (χ1n) is 5.44. The molecule has 1 amide bonds. The van der Waals surface area contributed by atoms with Gasteiger partial charge in [0.1, 0.15) is 5.82 Å². The molecule has 2 N–H and O–H groups in total. The molecule has 1 fully saturated rings. The first kappa shape index (κ1) is 11.1. The maximum absolute atomic E-state index is 13.4. The fraction of sp³-hybridized carbons (Fsp3) is 0.417. The molecule has 0 aromatic heterocycles. The molecule has 4 heteroatoms. The molecule has 16 heavy (non-hydrogen) atoms. The van der Waals surface area contributed by atoms with Gasteiger partial charge in [0.15, 0.2) is 0 Å². The van der Waals surface area contributed by atoms with E-state index >= 15 is 0 Å². The molecule has 0 radical (unpaired) electrons. The van der Waals surface area contributed by atoms with Crippen LogP contribution in [0.15, 0.2) is 18.2 Å². The second kappa shape index (κ2) is 4.61. The van der Waals surface area contributed by atoms with Crippen LogP contribution in [0.5, 0.6) is 0 Å². The van der Waals surface area contributed by atoms with Gasteiger partial charge in [-0.25, -0.2) is 4.39 Å². The molecule has 0 aliphatic carbocycles. The van der Waals surface area contributed by atoms with E-state index in [1.165, 1.54) is 6.07 Å². The first-order valence-corrected chi connectivity index (χ1v) is 5.44. The van der Waals surface area contributed by atoms with Crippen molar-refractivity contribution >= 4 is 5.91 Å². The Morgan fingerprint density at radius 2 is 2.38 bits per heavy atom. The number of benzene rings is 1. The van der Waals surface area contributed by atoms with Gasteiger partial charge in [-0.15, -0.1) is 0 Å². The monoisotopic (exact) mass is 222 g/mol. The molecule has 1 atom stereocenters. The Bertz CT molecular complexity index is 400. The molecule has 0 unspecified atom stereocenters. The Kier molecular flexibility index (Phi) is 3.19. The summed E-state index contributed by atoms with van der Waals surface area (Å²) in [5.41, 5.74) is 1.02. The molecule has 1 aliphatic rings. The second-order valence-corrected chi connectivity index (χ2v) is 4.15. The summed E-state index contributed by atoms with van der Waals surface area (Å²) < 4.78 is 13.4. The third-order valence-electron chi connectivity index (χ3n) is 2.76. The van der Waals surface area contributed by atoms with Gasteiger partial charge in [0.05, 0.1) is 5.56 Å². The van der Waals surface area contributed by atoms with E-state index in [9.17, 15) is 9.18 Å². The molecule has 3 nitrogen and oxygen atoms in total. The molecular weight excluding hydrogens is 207 g/mol. The topological polar surface area (TPSA) is 41.1 Å². The van der Waals surface area contributed by atoms with Gasteiger partial charge in [-0.3, -0.25) is 4.79 Å². The Morgan fingerprint density at radius 1 is 1.56 bits per heavy atom. The maximum atomic E-state index is 13.4. The zero-order valence-electron chi connectivity index (χ0n) is 9.22. The van der Waals surface area contributed by atoms with E-state index < -0.39 is 5.82 Å². The molecule has 0 bridgehead atoms. The minimum absolute atomic E-state index is 0.118. The highest BCUT2D eigenvalue weighted by Crippen LogP contribution is 2.10. The molecule has 1 heterocycles. The van der Waals surface area contributed by atoms with Crippen LogP contribution in [0.25, 0.3) is 0 Å². The average Bonchev–Trinajstić information content (AvgIpc) is 2.74. The third-order valence-corrected chi connectivity index (χ3v) is 2.76. The number of halogens is 1. The van der Waals surface area contributed by atoms with Crippen molar-refractivity contribution in [2.24, 2.45) is 0 Å². The number of rotatable bonds is 2. The van der Waals surface area contributed by atoms with E-state index in [0.29, 0.717) is 0 Å². The lowest BCUT2D eigenvalue weighted by atomic mass is 10.1. The van der Waals surface area contributed by atoms with Crippen LogP contribution in [0.4, 0.5) is 4.39 Å². The van der Waals surface area contributed by atoms with Crippen molar-refractivity contribution in [1.29, 1.82) is 0 Å². The van der Waals surface area contributed by atoms with Gasteiger partial charge in [-0.1, -0.05) is 11.6 Å². The molecule has 1 saturated heterocycles. The highest BCUT2D eigenvalue weighted by atomic mass is 19.1. The van der Waals surface area contributed by atoms with Crippen molar-refractivity contribution in [3.8, 4) is 0 Å². The van der Waals surface area contributed by atoms with Gasteiger partial charge in [-0.2, -0.15) is 0 Å². The van der Waals surface area contributed by atoms with Crippen molar-refractivity contribution in [1.82, 2.24) is 10.6 Å². The van der Waals surface area contributed by atoms with Crippen molar-refractivity contribution in [2.45, 2.75) is 19.4 Å². The van der Waals surface area contributed by atoms with Crippen LogP contribution >= 0.6 is 0 Å². The largest absolute Gasteiger partial charge is 0.348 e. The second-order valence-electron chi connectivity index (χ2n) is 4.15. The third kappa shape index (κ3) is 2.39. The minimum atomic E-state index is -0.464. The van der Waals surface area contributed by atoms with Crippen LogP contribution in [0.1, 0.15) is 22.3 Å². The van der Waals surface area contributed by atoms with Gasteiger partial charge in [0.2, 0.25) is 0 Å². The Hall–Kier alpha value is -1.42. The Morgan fingerprint density at radius 3 is 3.06 bits per heavy atom. The number of carbonyl (C=O) groups excluding carboxylic acids is 1. The van der Waals surface area contributed by atoms with Crippen LogP contribution < -0.4 is 10.6 Å². The summed E-state index contributed by atoms with van der Waals surface area (Å²) >= 11 is 0. The molecular formula is C12H15FN2O. The Labute approximate surface area is 94.0 Å². The summed E-state index contributed by atoms with van der Waals surface area (Å²) in [6.45, 7) is 3.51. The van der Waals surface area contributed by atoms with Crippen molar-refractivity contribution in [3.05, 3.63) is 35.1 Å². The highest BCUT2D eigenvalue weighted by Gasteiger charge is 2.19. The SMILES string of the molecule is Cc1ccc(F)c(C(=O)N[C@H]2CCNC2)c1. The average molecular weight is 222 g/mol. The summed E-state index contributed by atoms with van der Waals surface area (Å²) in [6.07, 6.45) is 0.902. The quantitative estimate of drug-likeness (QED) is 0.790. The predicted octanol–water partition coefficient (Wildman–Crippen LogP) is 1.23. The van der Waals surface area contributed by atoms with Crippen molar-refractivity contribution < 1.29 is 9.18 Å². The molecule has 2 rings (SSSR count). The molecule has 0 saturated carbocycles. The zero-order valence-corrected chi connectivity index (χ0v) is 9.22. The molecule has 0 spiro atoms. The lowest BCUT2D eigenvalue weighted by Crippen LogP contribution is -2.36. The van der Waals surface area contributed by atoms with E-state index in [4.69, 9.17) is 0 Å². The molecule has 1 aliphatic heterocycles. The number of hydrogen-bond donors (Lipinski definition) is 2. The fourth-order valence-electron chi connectivity index (χ4n) is 1.85. The van der Waals surface area contributed by atoms with E-state index in [2.05, 4.69) is 10.6 Å². The van der Waals surface area contributed by atoms with Crippen molar-refractivity contribution in [3.63, 3.8) is 0 Å². The summed E-state index contributed by atoms with van der Waals surface area (Å²) in [6, 6.07) is 4.68. The van der Waals surface area contributed by atoms with Crippen LogP contribution in [-0.2, 0) is 0 Å². The number of hydrogen-bond acceptors (Lipinski definition) is 2. The molecule has 1 aromatic carbocycles. The van der Waals surface area contributed by atoms with E-state index in [1.807, 2.05) is 6.92 Å². The van der Waals surface area contributed by atoms with Crippen molar-refractivity contribution in [2.75, 3.05) is 13.1 Å². The number of amides is 1. The van der Waals surface area contributed by atoms with Crippen LogP contribution in [0, 0.1) is 12.7 Å². The van der Waals surface area contributed by atoms with Gasteiger partial charge >= 0.3 is 0 Å². The summed E-state index contributed by atoms with van der Waals surface area (Å²) in [4.78, 5) is 11.8. The Balaban J connectivity index is 2.10. The van der Waals surface area contributed by atoms with Gasteiger partial charge in [-0.05, 0) is 32.0 Å². The zero-order chi connectivity index (χ0) is 11.5. The lowest BCUT2D eigenvalue weighted by Gasteiger charge is -2.12. The van der Waals surface area contributed by atoms with E-state index in [1.54, 1.807) is 12.1 Å². The minimum Gasteiger partial charge on any atom is -0.348 e. The lowest BCUT2D eigenvalue weighted by molar-refractivity contribution is 0.0936. The van der Waals surface area contributed by atoms with E-state index in [0.717, 1.165) is 25.1 Å². The number of carbonyl (C=O) groups is 1. The maximum Gasteiger partial charge on any atom is 0.254 e. The van der Waals surface area contributed by atoms with Gasteiger partial charge in [0.25, 0.3) is 5.91 Å². The molecule has 1 aromatic rings. The van der Waals surface area contributed by atoms with Gasteiger partial charge < -0.3 is 10.6 Å². The highest BCUT2D eigenvalue weighted by molar-refractivity contribution is 5.94. The first-order chi connectivity index (χ1) is 7.66. The fourth-order valence-corrected chi connectivity index (χ4v) is 1.85. The number of aryl methyl sites for hydroxylation is 1. The molecule has 86 valence electrons. The van der Waals surface area contributed by atoms with Crippen LogP contribution in [-0.4, -0.2) is 25.0 Å². The summed E-state index contributed by atoms with van der Waals surface area (Å²) in [5, 5.41) is 5.97. The van der Waals surface area contributed by atoms with Crippen LogP contribution in [0.3, 0.4) is 0 Å². The summed E-state index contributed by atoms with van der Waals surface area (Å²) in [7, 11) is 0. The normalized spacial score (nSPS) is 19.8. The summed E-state index contributed by atoms with van der Waals surface area (Å²) in [5.74, 6) is -0.788. The number of nitrogens with one attached hydrogen (secondary N) is 2. The van der Waals surface area contributed by atoms with Crippen LogP contribution in [0.2, 0.25) is 0 Å². The standard InChI is InChI=1S/C12H15FN2O/c1-8-2-3-11(13)10(6-8)12(16)15-9-4-5-14-7-9/h2-3,6,9,14H,4-5,7H2,1H3,(H,15,16)/t9-/m0/s1. The van der Waals surface area contributed by atoms with E-state index in [-0.39, 0.29) is 17.5 Å². The van der Waals surface area contributed by atoms with Gasteiger partial charge in [0, 0.05) is 12.6 Å². The smallest absolute Gasteiger partial charge is 0.254 e. The predicted molar refractivity (Wildman–Crippen MR) is 59.9 cm³/mol.